The van der Waals surface area contributed by atoms with Crippen LogP contribution >= 0.6 is 15.9 Å². The quantitative estimate of drug-likeness (QED) is 0.736. The second-order valence-electron chi connectivity index (χ2n) is 4.37. The van der Waals surface area contributed by atoms with E-state index in [1.807, 2.05) is 40.9 Å². The lowest BCUT2D eigenvalue weighted by Gasteiger charge is -2.02. The third-order valence-electron chi connectivity index (χ3n) is 2.98. The molecule has 0 fully saturated rings. The van der Waals surface area contributed by atoms with E-state index < -0.39 is 0 Å². The van der Waals surface area contributed by atoms with Crippen LogP contribution in [0.1, 0.15) is 11.3 Å². The number of ether oxygens (including phenoxy) is 1. The number of fused-ring (bicyclic) bond motifs is 1. The van der Waals surface area contributed by atoms with E-state index in [9.17, 15) is 0 Å². The number of hydrogen-bond acceptors (Lipinski definition) is 2. The van der Waals surface area contributed by atoms with Gasteiger partial charge in [0.2, 0.25) is 0 Å². The molecule has 0 bridgehead atoms. The van der Waals surface area contributed by atoms with Gasteiger partial charge in [-0.05, 0) is 45.8 Å². The molecule has 96 valence electrons. The summed E-state index contributed by atoms with van der Waals surface area (Å²) in [5.41, 5.74) is 3.20. The smallest absolute Gasteiger partial charge is 0.137 e. The summed E-state index contributed by atoms with van der Waals surface area (Å²) in [6.07, 6.45) is 4.87. The van der Waals surface area contributed by atoms with E-state index in [4.69, 9.17) is 4.74 Å². The minimum absolute atomic E-state index is 0.802. The molecule has 1 aromatic carbocycles. The first-order valence-corrected chi connectivity index (χ1v) is 6.80. The number of benzene rings is 1. The lowest BCUT2D eigenvalue weighted by Crippen LogP contribution is -1.89. The predicted molar refractivity (Wildman–Crippen MR) is 78.7 cm³/mol. The zero-order valence-corrected chi connectivity index (χ0v) is 12.1. The average Bonchev–Trinajstić information content (AvgIpc) is 2.80. The molecule has 19 heavy (non-hydrogen) atoms. The van der Waals surface area contributed by atoms with Crippen LogP contribution < -0.4 is 4.74 Å². The molecular weight excluding hydrogens is 304 g/mol. The van der Waals surface area contributed by atoms with Crippen molar-refractivity contribution >= 4 is 21.6 Å². The van der Waals surface area contributed by atoms with Crippen LogP contribution in [-0.2, 0) is 6.42 Å². The summed E-state index contributed by atoms with van der Waals surface area (Å²) in [5, 5.41) is 0. The molecule has 0 saturated heterocycles. The average molecular weight is 317 g/mol. The molecule has 2 heterocycles. The third-order valence-corrected chi connectivity index (χ3v) is 3.45. The number of rotatable bonds is 3. The summed E-state index contributed by atoms with van der Waals surface area (Å²) in [6.45, 7) is 0. The highest BCUT2D eigenvalue weighted by Gasteiger charge is 2.04. The van der Waals surface area contributed by atoms with Crippen molar-refractivity contribution in [3.8, 4) is 5.75 Å². The largest absolute Gasteiger partial charge is 0.497 e. The Morgan fingerprint density at radius 1 is 1.21 bits per heavy atom. The fraction of sp³-hybridized carbons (Fsp3) is 0.133. The molecule has 0 radical (unpaired) electrons. The maximum absolute atomic E-state index is 5.24. The van der Waals surface area contributed by atoms with E-state index in [-0.39, 0.29) is 0 Å². The number of methoxy groups -OCH3 is 1. The van der Waals surface area contributed by atoms with Gasteiger partial charge in [-0.25, -0.2) is 4.98 Å². The van der Waals surface area contributed by atoms with Crippen LogP contribution in [-0.4, -0.2) is 16.5 Å². The van der Waals surface area contributed by atoms with Gasteiger partial charge < -0.3 is 9.14 Å². The number of pyridine rings is 1. The van der Waals surface area contributed by atoms with E-state index in [2.05, 4.69) is 33.2 Å². The molecule has 2 aromatic heterocycles. The van der Waals surface area contributed by atoms with Crippen LogP contribution in [0.5, 0.6) is 5.75 Å². The van der Waals surface area contributed by atoms with Gasteiger partial charge in [0, 0.05) is 23.3 Å². The highest BCUT2D eigenvalue weighted by Crippen LogP contribution is 2.17. The Balaban J connectivity index is 1.92. The minimum Gasteiger partial charge on any atom is -0.497 e. The summed E-state index contributed by atoms with van der Waals surface area (Å²) in [4.78, 5) is 4.61. The first-order valence-electron chi connectivity index (χ1n) is 6.01. The molecule has 0 N–H and O–H groups in total. The lowest BCUT2D eigenvalue weighted by molar-refractivity contribution is 0.414. The lowest BCUT2D eigenvalue weighted by atomic mass is 10.1. The molecule has 0 atom stereocenters. The number of aromatic nitrogens is 2. The number of nitrogens with zero attached hydrogens (tertiary/aromatic N) is 2. The predicted octanol–water partition coefficient (Wildman–Crippen LogP) is 3.70. The molecule has 0 amide bonds. The van der Waals surface area contributed by atoms with Crippen molar-refractivity contribution in [2.45, 2.75) is 6.42 Å². The van der Waals surface area contributed by atoms with E-state index in [1.165, 1.54) is 5.56 Å². The van der Waals surface area contributed by atoms with Gasteiger partial charge in [-0.1, -0.05) is 12.1 Å². The Morgan fingerprint density at radius 2 is 2.11 bits per heavy atom. The van der Waals surface area contributed by atoms with Crippen LogP contribution in [0.4, 0.5) is 0 Å². The Kier molecular flexibility index (Phi) is 3.25. The summed E-state index contributed by atoms with van der Waals surface area (Å²) in [6, 6.07) is 12.1. The Hall–Kier alpha value is -1.81. The van der Waals surface area contributed by atoms with Crippen molar-refractivity contribution in [1.82, 2.24) is 9.38 Å². The molecular formula is C15H13BrN2O. The summed E-state index contributed by atoms with van der Waals surface area (Å²) in [5.74, 6) is 0.879. The zero-order valence-electron chi connectivity index (χ0n) is 10.5. The molecule has 3 rings (SSSR count). The van der Waals surface area contributed by atoms with Gasteiger partial charge in [0.05, 0.1) is 12.8 Å². The van der Waals surface area contributed by atoms with Crippen molar-refractivity contribution in [3.63, 3.8) is 0 Å². The number of hydrogen-bond donors (Lipinski definition) is 0. The van der Waals surface area contributed by atoms with E-state index in [0.29, 0.717) is 0 Å². The minimum atomic E-state index is 0.802. The van der Waals surface area contributed by atoms with Crippen LogP contribution in [0.2, 0.25) is 0 Å². The fourth-order valence-electron chi connectivity index (χ4n) is 2.09. The van der Waals surface area contributed by atoms with Crippen molar-refractivity contribution in [2.75, 3.05) is 7.11 Å². The highest BCUT2D eigenvalue weighted by atomic mass is 79.9. The van der Waals surface area contributed by atoms with Crippen LogP contribution in [0.3, 0.4) is 0 Å². The molecule has 0 aliphatic rings. The van der Waals surface area contributed by atoms with Crippen molar-refractivity contribution in [3.05, 3.63) is 64.5 Å². The maximum Gasteiger partial charge on any atom is 0.137 e. The van der Waals surface area contributed by atoms with Crippen molar-refractivity contribution in [1.29, 1.82) is 0 Å². The first-order chi connectivity index (χ1) is 9.24. The van der Waals surface area contributed by atoms with Gasteiger partial charge in [0.25, 0.3) is 0 Å². The topological polar surface area (TPSA) is 26.5 Å². The van der Waals surface area contributed by atoms with E-state index in [1.54, 1.807) is 7.11 Å². The number of imidazole rings is 1. The van der Waals surface area contributed by atoms with Gasteiger partial charge in [0.15, 0.2) is 0 Å². The second-order valence-corrected chi connectivity index (χ2v) is 5.29. The van der Waals surface area contributed by atoms with Gasteiger partial charge >= 0.3 is 0 Å². The van der Waals surface area contributed by atoms with Crippen LogP contribution in [0, 0.1) is 0 Å². The second kappa shape index (κ2) is 5.05. The molecule has 0 saturated carbocycles. The van der Waals surface area contributed by atoms with Gasteiger partial charge in [-0.2, -0.15) is 0 Å². The van der Waals surface area contributed by atoms with Crippen molar-refractivity contribution < 1.29 is 4.74 Å². The van der Waals surface area contributed by atoms with E-state index >= 15 is 0 Å². The van der Waals surface area contributed by atoms with Crippen LogP contribution in [0.15, 0.2) is 53.3 Å². The van der Waals surface area contributed by atoms with E-state index in [0.717, 1.165) is 28.0 Å². The van der Waals surface area contributed by atoms with Gasteiger partial charge in [0.1, 0.15) is 11.4 Å². The molecule has 0 aliphatic heterocycles. The van der Waals surface area contributed by atoms with Crippen LogP contribution in [0.25, 0.3) is 5.65 Å². The molecule has 0 unspecified atom stereocenters. The Labute approximate surface area is 120 Å². The van der Waals surface area contributed by atoms with Gasteiger partial charge in [-0.3, -0.25) is 0 Å². The zero-order chi connectivity index (χ0) is 13.2. The van der Waals surface area contributed by atoms with Crippen molar-refractivity contribution in [2.24, 2.45) is 0 Å². The maximum atomic E-state index is 5.24. The third kappa shape index (κ3) is 2.63. The Morgan fingerprint density at radius 3 is 2.95 bits per heavy atom. The highest BCUT2D eigenvalue weighted by molar-refractivity contribution is 9.10. The molecule has 3 aromatic rings. The molecule has 4 heteroatoms. The molecule has 0 aliphatic carbocycles. The molecule has 0 spiro atoms. The normalized spacial score (nSPS) is 10.8. The summed E-state index contributed by atoms with van der Waals surface area (Å²) < 4.78 is 8.31. The molecule has 3 nitrogen and oxygen atoms in total. The summed E-state index contributed by atoms with van der Waals surface area (Å²) in [7, 11) is 1.68. The SMILES string of the molecule is COc1cccc(Cc2cn3cc(Br)ccc3n2)c1. The summed E-state index contributed by atoms with van der Waals surface area (Å²) >= 11 is 3.46. The monoisotopic (exact) mass is 316 g/mol. The first kappa shape index (κ1) is 12.2. The van der Waals surface area contributed by atoms with Gasteiger partial charge in [-0.15, -0.1) is 0 Å². The standard InChI is InChI=1S/C15H13BrN2O/c1-19-14-4-2-3-11(8-14)7-13-10-18-9-12(16)5-6-15(18)17-13/h2-6,8-10H,7H2,1H3. The Bertz CT molecular complexity index is 721. The fourth-order valence-corrected chi connectivity index (χ4v) is 2.45. The number of halogens is 1.